The van der Waals surface area contributed by atoms with E-state index < -0.39 is 0 Å². The van der Waals surface area contributed by atoms with Crippen LogP contribution < -0.4 is 0 Å². The maximum absolute atomic E-state index is 4.81. The molecule has 0 atom stereocenters. The summed E-state index contributed by atoms with van der Waals surface area (Å²) >= 11 is 0. The van der Waals surface area contributed by atoms with Crippen molar-refractivity contribution in [2.24, 2.45) is 0 Å². The lowest BCUT2D eigenvalue weighted by atomic mass is 9.88. The third-order valence-electron chi connectivity index (χ3n) is 7.34. The summed E-state index contributed by atoms with van der Waals surface area (Å²) in [6.07, 6.45) is 1.93. The fraction of sp³-hybridized carbons (Fsp3) is 0.121. The lowest BCUT2D eigenvalue weighted by Gasteiger charge is -2.20. The van der Waals surface area contributed by atoms with Crippen LogP contribution in [0.1, 0.15) is 26.3 Å². The van der Waals surface area contributed by atoms with Crippen molar-refractivity contribution in [3.8, 4) is 11.5 Å². The Kier molecular flexibility index (Phi) is 4.40. The fourth-order valence-electron chi connectivity index (χ4n) is 5.55. The Hall–Kier alpha value is -4.37. The molecule has 0 unspecified atom stereocenters. The number of hydrogen-bond donors (Lipinski definition) is 0. The first-order valence-electron chi connectivity index (χ1n) is 12.5. The summed E-state index contributed by atoms with van der Waals surface area (Å²) in [5.74, 6) is 0.957. The highest BCUT2D eigenvalue weighted by atomic mass is 15.1. The minimum Gasteiger partial charge on any atom is -0.309 e. The number of nitrogens with zero attached hydrogens (tertiary/aromatic N) is 3. The van der Waals surface area contributed by atoms with E-state index in [4.69, 9.17) is 4.98 Å². The normalized spacial score (nSPS) is 12.3. The van der Waals surface area contributed by atoms with Crippen molar-refractivity contribution < 1.29 is 0 Å². The molecule has 3 aromatic heterocycles. The highest BCUT2D eigenvalue weighted by Gasteiger charge is 2.19. The number of hydrogen-bond acceptors (Lipinski definition) is 1. The monoisotopic (exact) mass is 465 g/mol. The Morgan fingerprint density at radius 1 is 0.528 bits per heavy atom. The van der Waals surface area contributed by atoms with Gasteiger partial charge in [-0.1, -0.05) is 75.4 Å². The van der Waals surface area contributed by atoms with Gasteiger partial charge in [-0.15, -0.1) is 0 Å². The van der Waals surface area contributed by atoms with Crippen LogP contribution in [-0.2, 0) is 5.41 Å². The molecule has 0 aliphatic carbocycles. The summed E-state index contributed by atoms with van der Waals surface area (Å²) in [6, 6.07) is 37.2. The van der Waals surface area contributed by atoms with Crippen molar-refractivity contribution in [3.05, 3.63) is 115 Å². The van der Waals surface area contributed by atoms with Gasteiger partial charge >= 0.3 is 0 Å². The summed E-state index contributed by atoms with van der Waals surface area (Å²) in [6.45, 7) is 6.74. The van der Waals surface area contributed by atoms with Crippen molar-refractivity contribution >= 4 is 43.6 Å². The fourth-order valence-corrected chi connectivity index (χ4v) is 5.55. The quantitative estimate of drug-likeness (QED) is 0.251. The molecule has 0 bridgehead atoms. The first kappa shape index (κ1) is 21.0. The Bertz CT molecular complexity index is 1880. The van der Waals surface area contributed by atoms with Crippen molar-refractivity contribution in [1.82, 2.24) is 14.1 Å². The van der Waals surface area contributed by atoms with Crippen molar-refractivity contribution in [1.29, 1.82) is 0 Å². The van der Waals surface area contributed by atoms with Gasteiger partial charge in [0.05, 0.1) is 22.1 Å². The Labute approximate surface area is 210 Å². The maximum Gasteiger partial charge on any atom is 0.137 e. The lowest BCUT2D eigenvalue weighted by molar-refractivity contribution is 0.588. The van der Waals surface area contributed by atoms with Crippen molar-refractivity contribution in [3.63, 3.8) is 0 Å². The highest BCUT2D eigenvalue weighted by molar-refractivity contribution is 6.12. The van der Waals surface area contributed by atoms with E-state index in [0.29, 0.717) is 0 Å². The molecule has 36 heavy (non-hydrogen) atoms. The molecule has 7 aromatic rings. The average molecular weight is 466 g/mol. The Morgan fingerprint density at radius 2 is 1.06 bits per heavy atom. The maximum atomic E-state index is 4.81. The van der Waals surface area contributed by atoms with Crippen LogP contribution in [-0.4, -0.2) is 14.1 Å². The first-order chi connectivity index (χ1) is 17.5. The molecule has 3 heterocycles. The number of aromatic nitrogens is 3. The highest BCUT2D eigenvalue weighted by Crippen LogP contribution is 2.36. The zero-order valence-corrected chi connectivity index (χ0v) is 20.7. The molecule has 0 aliphatic rings. The number of fused-ring (bicyclic) bond motifs is 6. The molecule has 4 aromatic carbocycles. The third-order valence-corrected chi connectivity index (χ3v) is 7.34. The summed E-state index contributed by atoms with van der Waals surface area (Å²) < 4.78 is 4.68. The van der Waals surface area contributed by atoms with Crippen LogP contribution in [0.15, 0.2) is 109 Å². The molecule has 3 heteroatoms. The molecule has 0 amide bonds. The van der Waals surface area contributed by atoms with Gasteiger partial charge in [0.1, 0.15) is 5.82 Å². The van der Waals surface area contributed by atoms with Crippen LogP contribution in [0.2, 0.25) is 0 Å². The second kappa shape index (κ2) is 7.56. The number of rotatable bonds is 2. The van der Waals surface area contributed by atoms with Crippen LogP contribution in [0.5, 0.6) is 0 Å². The molecule has 0 aliphatic heterocycles. The third kappa shape index (κ3) is 3.02. The van der Waals surface area contributed by atoms with E-state index >= 15 is 0 Å². The predicted molar refractivity (Wildman–Crippen MR) is 152 cm³/mol. The average Bonchev–Trinajstić information content (AvgIpc) is 3.41. The van der Waals surface area contributed by atoms with Crippen LogP contribution >= 0.6 is 0 Å². The molecular weight excluding hydrogens is 438 g/mol. The largest absolute Gasteiger partial charge is 0.309 e. The van der Waals surface area contributed by atoms with Gasteiger partial charge < -0.3 is 4.57 Å². The Balaban J connectivity index is 1.54. The van der Waals surface area contributed by atoms with E-state index in [1.807, 2.05) is 6.20 Å². The van der Waals surface area contributed by atoms with Gasteiger partial charge in [-0.25, -0.2) is 4.98 Å². The summed E-state index contributed by atoms with van der Waals surface area (Å²) in [4.78, 5) is 4.81. The Morgan fingerprint density at radius 3 is 1.67 bits per heavy atom. The minimum atomic E-state index is 0.0557. The molecule has 0 spiro atoms. The van der Waals surface area contributed by atoms with E-state index in [1.165, 1.54) is 54.9 Å². The van der Waals surface area contributed by atoms with Gasteiger partial charge in [0.25, 0.3) is 0 Å². The van der Waals surface area contributed by atoms with E-state index in [9.17, 15) is 0 Å². The van der Waals surface area contributed by atoms with Crippen molar-refractivity contribution in [2.45, 2.75) is 26.2 Å². The first-order valence-corrected chi connectivity index (χ1v) is 12.5. The molecule has 7 rings (SSSR count). The summed E-state index contributed by atoms with van der Waals surface area (Å²) in [5.41, 5.74) is 7.28. The van der Waals surface area contributed by atoms with Gasteiger partial charge in [-0.2, -0.15) is 0 Å². The van der Waals surface area contributed by atoms with E-state index in [-0.39, 0.29) is 5.41 Å². The van der Waals surface area contributed by atoms with Crippen LogP contribution in [0.25, 0.3) is 55.1 Å². The second-order valence-corrected chi connectivity index (χ2v) is 10.6. The molecule has 3 nitrogen and oxygen atoms in total. The van der Waals surface area contributed by atoms with Crippen LogP contribution in [0.4, 0.5) is 0 Å². The predicted octanol–water partition coefficient (Wildman–Crippen LogP) is 8.57. The van der Waals surface area contributed by atoms with Gasteiger partial charge in [0.15, 0.2) is 0 Å². The minimum absolute atomic E-state index is 0.0557. The molecule has 0 saturated carbocycles. The number of para-hydroxylation sites is 3. The standard InChI is InChI=1S/C33H27N3/c1-33(2,3)22-18-19-34-32(20-22)36-30-15-9-6-12-26(30)27-21-23(16-17-31(27)36)35-28-13-7-4-10-24(28)25-11-5-8-14-29(25)35/h4-21H,1-3H3. The SMILES string of the molecule is CC(C)(C)c1ccnc(-n2c3ccccc3c3cc(-n4c5ccccc5c5ccccc54)ccc32)c1. The van der Waals surface area contributed by atoms with Gasteiger partial charge in [-0.3, -0.25) is 4.57 Å². The van der Waals surface area contributed by atoms with Crippen LogP contribution in [0.3, 0.4) is 0 Å². The zero-order chi connectivity index (χ0) is 24.4. The molecule has 0 fully saturated rings. The van der Waals surface area contributed by atoms with E-state index in [1.54, 1.807) is 0 Å². The lowest BCUT2D eigenvalue weighted by Crippen LogP contribution is -2.12. The summed E-state index contributed by atoms with van der Waals surface area (Å²) in [7, 11) is 0. The molecule has 0 saturated heterocycles. The summed E-state index contributed by atoms with van der Waals surface area (Å²) in [5, 5.41) is 5.02. The van der Waals surface area contributed by atoms with Crippen molar-refractivity contribution in [2.75, 3.05) is 0 Å². The van der Waals surface area contributed by atoms with Gasteiger partial charge in [0, 0.05) is 33.4 Å². The second-order valence-electron chi connectivity index (χ2n) is 10.6. The smallest absolute Gasteiger partial charge is 0.137 e. The molecule has 0 radical (unpaired) electrons. The van der Waals surface area contributed by atoms with Gasteiger partial charge in [0.2, 0.25) is 0 Å². The molecule has 0 N–H and O–H groups in total. The van der Waals surface area contributed by atoms with Crippen LogP contribution in [0, 0.1) is 0 Å². The number of pyridine rings is 1. The number of benzene rings is 4. The van der Waals surface area contributed by atoms with Gasteiger partial charge in [-0.05, 0) is 59.5 Å². The molecular formula is C33H27N3. The van der Waals surface area contributed by atoms with E-state index in [0.717, 1.165) is 5.82 Å². The topological polar surface area (TPSA) is 22.8 Å². The zero-order valence-electron chi connectivity index (χ0n) is 20.7. The molecule has 174 valence electrons. The van der Waals surface area contributed by atoms with E-state index in [2.05, 4.69) is 133 Å².